The molecule has 14 heavy (non-hydrogen) atoms. The predicted molar refractivity (Wildman–Crippen MR) is 53.5 cm³/mol. The Hall–Kier alpha value is -2.24. The summed E-state index contributed by atoms with van der Waals surface area (Å²) in [6.45, 7) is 0. The zero-order valence-electron chi connectivity index (χ0n) is 7.42. The summed E-state index contributed by atoms with van der Waals surface area (Å²) in [4.78, 5) is 10.1. The van der Waals surface area contributed by atoms with Gasteiger partial charge in [-0.3, -0.25) is 4.79 Å². The molecule has 0 radical (unpaired) electrons. The van der Waals surface area contributed by atoms with E-state index in [2.05, 4.69) is 10.9 Å². The standard InChI is InChI=1S/C7H6O2.CH6N4/c8-5-6-3-1-2-4-7(6)9;2-1(3)5-4/h1-5,9H;4H2,(H4,2,3,5). The number of nitrogens with zero attached hydrogens (tertiary/aromatic N) is 1. The molecule has 0 fully saturated rings. The lowest BCUT2D eigenvalue weighted by Gasteiger charge is -1.91. The summed E-state index contributed by atoms with van der Waals surface area (Å²) in [7, 11) is 0. The number of nitrogens with two attached hydrogens (primary N) is 3. The highest BCUT2D eigenvalue weighted by atomic mass is 16.3. The van der Waals surface area contributed by atoms with Crippen molar-refractivity contribution in [2.24, 2.45) is 22.4 Å². The molecule has 0 unspecified atom stereocenters. The molecule has 0 aliphatic rings. The van der Waals surface area contributed by atoms with E-state index in [1.165, 1.54) is 6.07 Å². The number of benzene rings is 1. The smallest absolute Gasteiger partial charge is 0.208 e. The maximum atomic E-state index is 10.1. The normalized spacial score (nSPS) is 8.00. The van der Waals surface area contributed by atoms with Gasteiger partial charge in [0.2, 0.25) is 5.96 Å². The average molecular weight is 196 g/mol. The summed E-state index contributed by atoms with van der Waals surface area (Å²) in [5, 5.41) is 11.7. The first-order chi connectivity index (χ1) is 6.61. The second-order valence-corrected chi connectivity index (χ2v) is 2.23. The van der Waals surface area contributed by atoms with Crippen molar-refractivity contribution >= 4 is 12.2 Å². The molecule has 1 aromatic rings. The highest BCUT2D eigenvalue weighted by Crippen LogP contribution is 2.11. The average Bonchev–Trinajstić information content (AvgIpc) is 2.19. The third-order valence-corrected chi connectivity index (χ3v) is 1.21. The van der Waals surface area contributed by atoms with Crippen molar-refractivity contribution in [2.45, 2.75) is 0 Å². The number of carbonyl (C=O) groups is 1. The topological polar surface area (TPSA) is 128 Å². The lowest BCUT2D eigenvalue weighted by Crippen LogP contribution is -2.23. The minimum atomic E-state index is -0.0926. The Balaban J connectivity index is 0.000000292. The number of para-hydroxylation sites is 1. The van der Waals surface area contributed by atoms with Gasteiger partial charge in [-0.25, -0.2) is 0 Å². The van der Waals surface area contributed by atoms with Gasteiger partial charge in [-0.2, -0.15) is 0 Å². The number of phenols is 1. The molecule has 0 atom stereocenters. The van der Waals surface area contributed by atoms with Gasteiger partial charge in [-0.15, -0.1) is 5.10 Å². The SMILES string of the molecule is NN=C(N)N.O=Cc1ccccc1O. The van der Waals surface area contributed by atoms with Crippen LogP contribution >= 0.6 is 0 Å². The molecule has 6 heteroatoms. The van der Waals surface area contributed by atoms with Crippen molar-refractivity contribution < 1.29 is 9.90 Å². The molecular formula is C8H12N4O2. The van der Waals surface area contributed by atoms with Gasteiger partial charge < -0.3 is 22.4 Å². The van der Waals surface area contributed by atoms with E-state index in [-0.39, 0.29) is 11.7 Å². The number of aromatic hydroxyl groups is 1. The Morgan fingerprint density at radius 1 is 1.36 bits per heavy atom. The molecule has 76 valence electrons. The number of carbonyl (C=O) groups excluding carboxylic acids is 1. The maximum absolute atomic E-state index is 10.1. The molecule has 0 bridgehead atoms. The molecule has 0 aliphatic heterocycles. The van der Waals surface area contributed by atoms with Crippen LogP contribution in [0, 0.1) is 0 Å². The lowest BCUT2D eigenvalue weighted by atomic mass is 10.2. The number of hydrogen-bond acceptors (Lipinski definition) is 4. The zero-order chi connectivity index (χ0) is 11.0. The fourth-order valence-corrected chi connectivity index (χ4v) is 0.587. The van der Waals surface area contributed by atoms with Crippen LogP contribution in [0.3, 0.4) is 0 Å². The fourth-order valence-electron chi connectivity index (χ4n) is 0.587. The summed E-state index contributed by atoms with van der Waals surface area (Å²) in [6.07, 6.45) is 0.620. The first-order valence-electron chi connectivity index (χ1n) is 3.63. The van der Waals surface area contributed by atoms with Gasteiger partial charge in [0.1, 0.15) is 5.75 Å². The van der Waals surface area contributed by atoms with E-state index in [1.54, 1.807) is 18.2 Å². The highest BCUT2D eigenvalue weighted by Gasteiger charge is 1.93. The molecular weight excluding hydrogens is 184 g/mol. The second kappa shape index (κ2) is 6.30. The third kappa shape index (κ3) is 4.60. The van der Waals surface area contributed by atoms with Crippen LogP contribution in [0.1, 0.15) is 10.4 Å². The maximum Gasteiger partial charge on any atom is 0.208 e. The Morgan fingerprint density at radius 2 is 1.86 bits per heavy atom. The van der Waals surface area contributed by atoms with E-state index < -0.39 is 0 Å². The number of hydrogen-bond donors (Lipinski definition) is 4. The first kappa shape index (κ1) is 11.8. The van der Waals surface area contributed by atoms with E-state index in [4.69, 9.17) is 16.6 Å². The molecule has 7 N–H and O–H groups in total. The number of rotatable bonds is 1. The van der Waals surface area contributed by atoms with Crippen LogP contribution in [0.5, 0.6) is 5.75 Å². The van der Waals surface area contributed by atoms with Gasteiger partial charge in [0, 0.05) is 0 Å². The van der Waals surface area contributed by atoms with E-state index in [0.29, 0.717) is 11.8 Å². The minimum absolute atomic E-state index is 0.0347. The van der Waals surface area contributed by atoms with E-state index >= 15 is 0 Å². The van der Waals surface area contributed by atoms with Crippen LogP contribution in [0.4, 0.5) is 0 Å². The van der Waals surface area contributed by atoms with Crippen LogP contribution in [-0.2, 0) is 0 Å². The molecule has 0 heterocycles. The first-order valence-corrected chi connectivity index (χ1v) is 3.63. The summed E-state index contributed by atoms with van der Waals surface area (Å²) in [6, 6.07) is 6.40. The zero-order valence-corrected chi connectivity index (χ0v) is 7.42. The van der Waals surface area contributed by atoms with Gasteiger partial charge in [0.05, 0.1) is 5.56 Å². The van der Waals surface area contributed by atoms with Gasteiger partial charge in [0.15, 0.2) is 6.29 Å². The summed E-state index contributed by atoms with van der Waals surface area (Å²) in [5.41, 5.74) is 9.72. The molecule has 0 aliphatic carbocycles. The number of hydrazone groups is 1. The molecule has 0 aromatic heterocycles. The van der Waals surface area contributed by atoms with Gasteiger partial charge in [-0.05, 0) is 12.1 Å². The van der Waals surface area contributed by atoms with Crippen molar-refractivity contribution in [3.8, 4) is 5.75 Å². The Labute approximate surface area is 81.0 Å². The van der Waals surface area contributed by atoms with Gasteiger partial charge in [0.25, 0.3) is 0 Å². The summed E-state index contributed by atoms with van der Waals surface area (Å²) >= 11 is 0. The second-order valence-electron chi connectivity index (χ2n) is 2.23. The van der Waals surface area contributed by atoms with Crippen LogP contribution in [0.25, 0.3) is 0 Å². The quantitative estimate of drug-likeness (QED) is 0.156. The van der Waals surface area contributed by atoms with Crippen molar-refractivity contribution in [2.75, 3.05) is 0 Å². The van der Waals surface area contributed by atoms with Crippen LogP contribution in [0.2, 0.25) is 0 Å². The predicted octanol–water partition coefficient (Wildman–Crippen LogP) is -0.662. The molecule has 1 rings (SSSR count). The molecule has 0 spiro atoms. The third-order valence-electron chi connectivity index (χ3n) is 1.21. The Bertz CT molecular complexity index is 321. The van der Waals surface area contributed by atoms with Crippen LogP contribution in [-0.4, -0.2) is 17.4 Å². The van der Waals surface area contributed by atoms with Crippen LogP contribution < -0.4 is 17.3 Å². The van der Waals surface area contributed by atoms with E-state index in [9.17, 15) is 4.79 Å². The molecule has 0 saturated carbocycles. The molecule has 0 saturated heterocycles. The lowest BCUT2D eigenvalue weighted by molar-refractivity contribution is 0.112. The highest BCUT2D eigenvalue weighted by molar-refractivity contribution is 5.78. The molecule has 1 aromatic carbocycles. The fraction of sp³-hybridized carbons (Fsp3) is 0. The Kier molecular flexibility index (Phi) is 5.29. The largest absolute Gasteiger partial charge is 0.507 e. The van der Waals surface area contributed by atoms with Crippen molar-refractivity contribution in [1.29, 1.82) is 0 Å². The minimum Gasteiger partial charge on any atom is -0.507 e. The monoisotopic (exact) mass is 196 g/mol. The molecule has 0 amide bonds. The van der Waals surface area contributed by atoms with Crippen molar-refractivity contribution in [3.05, 3.63) is 29.8 Å². The van der Waals surface area contributed by atoms with Crippen LogP contribution in [0.15, 0.2) is 29.4 Å². The summed E-state index contributed by atoms with van der Waals surface area (Å²) < 4.78 is 0. The number of guanidine groups is 1. The number of phenolic OH excluding ortho intramolecular Hbond substituents is 1. The Morgan fingerprint density at radius 3 is 2.14 bits per heavy atom. The van der Waals surface area contributed by atoms with Crippen molar-refractivity contribution in [3.63, 3.8) is 0 Å². The van der Waals surface area contributed by atoms with Gasteiger partial charge >= 0.3 is 0 Å². The molecule has 6 nitrogen and oxygen atoms in total. The summed E-state index contributed by atoms with van der Waals surface area (Å²) in [5.74, 6) is 4.45. The van der Waals surface area contributed by atoms with E-state index in [1.807, 2.05) is 0 Å². The van der Waals surface area contributed by atoms with Crippen molar-refractivity contribution in [1.82, 2.24) is 0 Å². The van der Waals surface area contributed by atoms with E-state index in [0.717, 1.165) is 0 Å². The number of aldehydes is 1. The van der Waals surface area contributed by atoms with Gasteiger partial charge in [-0.1, -0.05) is 12.1 Å².